The lowest BCUT2D eigenvalue weighted by atomic mass is 9.98. The molecule has 2 aliphatic rings. The molecule has 1 aliphatic carbocycles. The van der Waals surface area contributed by atoms with Gasteiger partial charge in [0.1, 0.15) is 31.6 Å². The fourth-order valence-corrected chi connectivity index (χ4v) is 8.02. The molecule has 11 heteroatoms. The van der Waals surface area contributed by atoms with Crippen LogP contribution in [-0.2, 0) is 36.9 Å². The summed E-state index contributed by atoms with van der Waals surface area (Å²) < 4.78 is 17.3. The highest BCUT2D eigenvalue weighted by Crippen LogP contribution is 2.44. The van der Waals surface area contributed by atoms with Gasteiger partial charge in [-0.3, -0.25) is 9.59 Å². The van der Waals surface area contributed by atoms with Crippen LogP contribution in [0.4, 0.5) is 4.79 Å². The third kappa shape index (κ3) is 11.5. The number of allylic oxidation sites excluding steroid dienone is 2. The second kappa shape index (κ2) is 21.7. The number of aliphatic hydroxyl groups excluding tert-OH is 1. The van der Waals surface area contributed by atoms with Crippen molar-refractivity contribution >= 4 is 23.9 Å². The molecule has 0 radical (unpaired) electrons. The lowest BCUT2D eigenvalue weighted by Crippen LogP contribution is -2.46. The van der Waals surface area contributed by atoms with E-state index in [1.807, 2.05) is 91.0 Å². The number of carbonyl (C=O) groups is 4. The summed E-state index contributed by atoms with van der Waals surface area (Å²) in [7, 11) is 0. The van der Waals surface area contributed by atoms with Crippen molar-refractivity contribution in [2.24, 2.45) is 5.92 Å². The molecule has 6 rings (SSSR count). The molecule has 60 heavy (non-hydrogen) atoms. The largest absolute Gasteiger partial charge is 0.489 e. The van der Waals surface area contributed by atoms with Crippen molar-refractivity contribution in [1.29, 1.82) is 0 Å². The Morgan fingerprint density at radius 2 is 1.48 bits per heavy atom. The number of esters is 1. The molecule has 3 N–H and O–H groups in total. The Bertz CT molecular complexity index is 2040. The molecule has 1 aliphatic heterocycles. The Labute approximate surface area is 352 Å². The number of hydrogen-bond acceptors (Lipinski definition) is 8. The predicted octanol–water partition coefficient (Wildman–Crippen LogP) is 7.28. The standard InChI is InChI=1S/C49H55N3O8/c1-3-5-22-45(51-49(57)60-33-44-42-20-11-9-18-40(42)41-19-10-12-21-43(41)44)48(56)59-32-38-17-13-27-52(38)47(55)36(14-4-2)29-46(54)50-37(30-53)28-34-23-25-39(26-24-34)58-31-35-15-7-6-8-16-35/h3-4,6-12,15-16,18-21,23-26,36-38,44-45,53H,1-2,5,13-14,17,22,27-33H2,(H,50,54)(H,51,57). The van der Waals surface area contributed by atoms with Crippen molar-refractivity contribution in [1.82, 2.24) is 15.5 Å². The number of hydrogen-bond donors (Lipinski definition) is 3. The molecule has 0 saturated carbocycles. The molecule has 0 bridgehead atoms. The number of benzene rings is 4. The van der Waals surface area contributed by atoms with Gasteiger partial charge in [-0.05, 0) is 84.0 Å². The van der Waals surface area contributed by atoms with E-state index in [1.165, 1.54) is 0 Å². The summed E-state index contributed by atoms with van der Waals surface area (Å²) >= 11 is 0. The second-order valence-corrected chi connectivity index (χ2v) is 15.3. The van der Waals surface area contributed by atoms with Crippen LogP contribution in [0.1, 0.15) is 66.7 Å². The molecule has 4 aromatic rings. The third-order valence-corrected chi connectivity index (χ3v) is 11.1. The van der Waals surface area contributed by atoms with Gasteiger partial charge in [0.2, 0.25) is 11.8 Å². The number of fused-ring (bicyclic) bond motifs is 3. The van der Waals surface area contributed by atoms with Gasteiger partial charge in [0.25, 0.3) is 0 Å². The maximum absolute atomic E-state index is 13.9. The Kier molecular flexibility index (Phi) is 15.7. The van der Waals surface area contributed by atoms with Gasteiger partial charge in [-0.2, -0.15) is 0 Å². The molecule has 3 amide bonds. The highest BCUT2D eigenvalue weighted by atomic mass is 16.6. The molecule has 314 valence electrons. The first-order valence-corrected chi connectivity index (χ1v) is 20.7. The summed E-state index contributed by atoms with van der Waals surface area (Å²) in [4.78, 5) is 55.4. The van der Waals surface area contributed by atoms with Gasteiger partial charge < -0.3 is 34.9 Å². The third-order valence-electron chi connectivity index (χ3n) is 11.1. The van der Waals surface area contributed by atoms with Gasteiger partial charge in [-0.1, -0.05) is 103 Å². The van der Waals surface area contributed by atoms with Crippen LogP contribution in [0.5, 0.6) is 5.75 Å². The molecule has 1 fully saturated rings. The van der Waals surface area contributed by atoms with Crippen LogP contribution in [0.3, 0.4) is 0 Å². The molecular formula is C49H55N3O8. The monoisotopic (exact) mass is 813 g/mol. The number of carbonyl (C=O) groups excluding carboxylic acids is 4. The number of nitrogens with zero attached hydrogens (tertiary/aromatic N) is 1. The summed E-state index contributed by atoms with van der Waals surface area (Å²) in [5.41, 5.74) is 6.37. The van der Waals surface area contributed by atoms with E-state index in [9.17, 15) is 24.3 Å². The van der Waals surface area contributed by atoms with Crippen LogP contribution in [0.2, 0.25) is 0 Å². The van der Waals surface area contributed by atoms with Crippen LogP contribution in [0.25, 0.3) is 11.1 Å². The number of rotatable bonds is 21. The predicted molar refractivity (Wildman–Crippen MR) is 230 cm³/mol. The van der Waals surface area contributed by atoms with Crippen LogP contribution in [-0.4, -0.2) is 78.4 Å². The van der Waals surface area contributed by atoms with Gasteiger partial charge in [0.15, 0.2) is 0 Å². The van der Waals surface area contributed by atoms with Gasteiger partial charge in [0.05, 0.1) is 24.6 Å². The summed E-state index contributed by atoms with van der Waals surface area (Å²) in [6.45, 7) is 8.24. The van der Waals surface area contributed by atoms with Crippen molar-refractivity contribution in [2.75, 3.05) is 26.4 Å². The minimum absolute atomic E-state index is 0.0583. The molecule has 4 unspecified atom stereocenters. The zero-order valence-corrected chi connectivity index (χ0v) is 34.0. The van der Waals surface area contributed by atoms with Crippen LogP contribution in [0.15, 0.2) is 128 Å². The van der Waals surface area contributed by atoms with Crippen molar-refractivity contribution in [2.45, 2.75) is 75.6 Å². The molecule has 0 spiro atoms. The summed E-state index contributed by atoms with van der Waals surface area (Å²) in [5, 5.41) is 15.7. The van der Waals surface area contributed by atoms with E-state index in [0.717, 1.165) is 33.4 Å². The molecule has 4 aromatic carbocycles. The summed E-state index contributed by atoms with van der Waals surface area (Å²) in [6, 6.07) is 31.6. The van der Waals surface area contributed by atoms with Crippen LogP contribution in [0, 0.1) is 5.92 Å². The summed E-state index contributed by atoms with van der Waals surface area (Å²) in [6.07, 6.45) is 5.17. The van der Waals surface area contributed by atoms with Crippen LogP contribution >= 0.6 is 0 Å². The van der Waals surface area contributed by atoms with Crippen LogP contribution < -0.4 is 15.4 Å². The molecule has 0 aromatic heterocycles. The maximum atomic E-state index is 13.9. The first kappa shape index (κ1) is 43.4. The maximum Gasteiger partial charge on any atom is 0.407 e. The van der Waals surface area contributed by atoms with Crippen molar-refractivity contribution < 1.29 is 38.5 Å². The van der Waals surface area contributed by atoms with E-state index >= 15 is 0 Å². The van der Waals surface area contributed by atoms with E-state index in [2.05, 4.69) is 35.9 Å². The lowest BCUT2D eigenvalue weighted by molar-refractivity contribution is -0.150. The quantitative estimate of drug-likeness (QED) is 0.0589. The molecule has 1 heterocycles. The zero-order valence-electron chi connectivity index (χ0n) is 34.0. The normalized spacial score (nSPS) is 15.8. The van der Waals surface area contributed by atoms with Gasteiger partial charge in [0, 0.05) is 18.9 Å². The van der Waals surface area contributed by atoms with E-state index in [1.54, 1.807) is 17.1 Å². The molecule has 1 saturated heterocycles. The fourth-order valence-electron chi connectivity index (χ4n) is 8.02. The number of ether oxygens (including phenoxy) is 3. The van der Waals surface area contributed by atoms with Gasteiger partial charge in [-0.25, -0.2) is 9.59 Å². The second-order valence-electron chi connectivity index (χ2n) is 15.3. The van der Waals surface area contributed by atoms with Gasteiger partial charge >= 0.3 is 12.1 Å². The van der Waals surface area contributed by atoms with Crippen molar-refractivity contribution in [3.8, 4) is 16.9 Å². The van der Waals surface area contributed by atoms with Gasteiger partial charge in [-0.15, -0.1) is 13.2 Å². The zero-order chi connectivity index (χ0) is 42.3. The molecule has 11 nitrogen and oxygen atoms in total. The Balaban J connectivity index is 0.980. The Hall–Kier alpha value is -6.20. The Morgan fingerprint density at radius 1 is 0.800 bits per heavy atom. The van der Waals surface area contributed by atoms with Crippen molar-refractivity contribution in [3.63, 3.8) is 0 Å². The van der Waals surface area contributed by atoms with Crippen molar-refractivity contribution in [3.05, 3.63) is 151 Å². The summed E-state index contributed by atoms with van der Waals surface area (Å²) in [5.74, 6) is -1.32. The smallest absolute Gasteiger partial charge is 0.407 e. The minimum Gasteiger partial charge on any atom is -0.489 e. The first-order chi connectivity index (χ1) is 29.3. The molecule has 4 atom stereocenters. The fraction of sp³-hybridized carbons (Fsp3) is 0.347. The first-order valence-electron chi connectivity index (χ1n) is 20.7. The van der Waals surface area contributed by atoms with E-state index in [0.29, 0.717) is 44.6 Å². The average Bonchev–Trinajstić information content (AvgIpc) is 3.88. The number of amides is 3. The number of aliphatic hydroxyl groups is 1. The lowest BCUT2D eigenvalue weighted by Gasteiger charge is -2.29. The van der Waals surface area contributed by atoms with E-state index < -0.39 is 36.1 Å². The SMILES string of the molecule is C=CCCC(NC(=O)OCC1c2ccccc2-c2ccccc21)C(=O)OCC1CCCN1C(=O)C(CC=C)CC(=O)NC(CO)Cc1ccc(OCc2ccccc2)cc1. The minimum atomic E-state index is -0.980. The number of alkyl carbamates (subject to hydrolysis) is 1. The van der Waals surface area contributed by atoms with E-state index in [4.69, 9.17) is 14.2 Å². The average molecular weight is 814 g/mol. The topological polar surface area (TPSA) is 143 Å². The highest BCUT2D eigenvalue weighted by molar-refractivity contribution is 5.87. The molecular weight excluding hydrogens is 759 g/mol. The Morgan fingerprint density at radius 3 is 2.15 bits per heavy atom. The highest BCUT2D eigenvalue weighted by Gasteiger charge is 2.36. The van der Waals surface area contributed by atoms with E-state index in [-0.39, 0.29) is 56.8 Å². The number of nitrogens with one attached hydrogen (secondary N) is 2. The number of likely N-dealkylation sites (tertiary alicyclic amines) is 1.